The van der Waals surface area contributed by atoms with E-state index < -0.39 is 22.2 Å². The number of nitrogens with zero attached hydrogens (tertiary/aromatic N) is 4. The number of benzene rings is 1. The maximum absolute atomic E-state index is 13.9. The van der Waals surface area contributed by atoms with Gasteiger partial charge in [0.1, 0.15) is 23.8 Å². The number of nitro benzene ring substituents is 1. The van der Waals surface area contributed by atoms with E-state index in [0.717, 1.165) is 6.33 Å². The van der Waals surface area contributed by atoms with E-state index >= 15 is 0 Å². The van der Waals surface area contributed by atoms with Crippen LogP contribution in [0.3, 0.4) is 0 Å². The number of aromatic nitrogens is 2. The molecule has 0 unspecified atom stereocenters. The van der Waals surface area contributed by atoms with E-state index in [9.17, 15) is 18.9 Å². The number of halogens is 2. The molecule has 2 aromatic rings. The van der Waals surface area contributed by atoms with E-state index in [0.29, 0.717) is 12.1 Å². The molecule has 2 rings (SSSR count). The van der Waals surface area contributed by atoms with Crippen LogP contribution in [0.5, 0.6) is 5.88 Å². The number of hydrogen-bond acceptors (Lipinski definition) is 6. The largest absolute Gasteiger partial charge is 0.480 e. The minimum Gasteiger partial charge on any atom is -0.480 e. The average Bonchev–Trinajstić information content (AvgIpc) is 2.46. The summed E-state index contributed by atoms with van der Waals surface area (Å²) in [7, 11) is 1.25. The lowest BCUT2D eigenvalue weighted by molar-refractivity contribution is -0.387. The summed E-state index contributed by atoms with van der Waals surface area (Å²) in [6.45, 7) is 0. The van der Waals surface area contributed by atoms with Gasteiger partial charge in [-0.25, -0.2) is 14.4 Å². The van der Waals surface area contributed by atoms with Gasteiger partial charge in [0.05, 0.1) is 17.7 Å². The standard InChI is InChI=1S/C12H6F2N4O3/c1-21-12-7(4-15)11(16-5-17-12)6-2-10(18(19)20)9(14)3-8(6)13/h2-3,5H,1H3. The third kappa shape index (κ3) is 2.46. The first-order valence-electron chi connectivity index (χ1n) is 5.42. The van der Waals surface area contributed by atoms with Gasteiger partial charge in [-0.3, -0.25) is 10.1 Å². The van der Waals surface area contributed by atoms with E-state index in [1.54, 1.807) is 6.07 Å². The van der Waals surface area contributed by atoms with E-state index in [1.165, 1.54) is 7.11 Å². The Morgan fingerprint density at radius 1 is 1.33 bits per heavy atom. The van der Waals surface area contributed by atoms with Gasteiger partial charge in [0.2, 0.25) is 11.7 Å². The predicted octanol–water partition coefficient (Wildman–Crippen LogP) is 2.21. The molecule has 0 aliphatic carbocycles. The number of methoxy groups -OCH3 is 1. The molecule has 106 valence electrons. The first-order valence-corrected chi connectivity index (χ1v) is 5.42. The minimum absolute atomic E-state index is 0.117. The highest BCUT2D eigenvalue weighted by Gasteiger charge is 2.23. The molecule has 0 saturated carbocycles. The van der Waals surface area contributed by atoms with Crippen LogP contribution in [0.25, 0.3) is 11.3 Å². The maximum atomic E-state index is 13.9. The second-order valence-corrected chi connectivity index (χ2v) is 3.76. The third-order valence-corrected chi connectivity index (χ3v) is 2.61. The van der Waals surface area contributed by atoms with E-state index in [1.807, 2.05) is 0 Å². The molecule has 0 radical (unpaired) electrons. The molecule has 21 heavy (non-hydrogen) atoms. The zero-order valence-corrected chi connectivity index (χ0v) is 10.5. The zero-order valence-electron chi connectivity index (χ0n) is 10.5. The fraction of sp³-hybridized carbons (Fsp3) is 0.0833. The number of nitriles is 1. The summed E-state index contributed by atoms with van der Waals surface area (Å²) in [5, 5.41) is 19.8. The van der Waals surface area contributed by atoms with E-state index in [-0.39, 0.29) is 22.7 Å². The van der Waals surface area contributed by atoms with Crippen LogP contribution >= 0.6 is 0 Å². The Labute approximate surface area is 116 Å². The highest BCUT2D eigenvalue weighted by Crippen LogP contribution is 2.32. The van der Waals surface area contributed by atoms with Gasteiger partial charge in [0.25, 0.3) is 0 Å². The highest BCUT2D eigenvalue weighted by molar-refractivity contribution is 5.71. The third-order valence-electron chi connectivity index (χ3n) is 2.61. The Kier molecular flexibility index (Phi) is 3.71. The predicted molar refractivity (Wildman–Crippen MR) is 65.3 cm³/mol. The van der Waals surface area contributed by atoms with Crippen LogP contribution < -0.4 is 4.74 Å². The van der Waals surface area contributed by atoms with Crippen LogP contribution in [-0.2, 0) is 0 Å². The van der Waals surface area contributed by atoms with Crippen LogP contribution in [0.1, 0.15) is 5.56 Å². The van der Waals surface area contributed by atoms with Crippen LogP contribution in [-0.4, -0.2) is 22.0 Å². The topological polar surface area (TPSA) is 102 Å². The Balaban J connectivity index is 2.76. The van der Waals surface area contributed by atoms with Gasteiger partial charge in [-0.1, -0.05) is 0 Å². The molecule has 0 aliphatic rings. The quantitative estimate of drug-likeness (QED) is 0.634. The average molecular weight is 292 g/mol. The van der Waals surface area contributed by atoms with Gasteiger partial charge in [-0.2, -0.15) is 9.65 Å². The second kappa shape index (κ2) is 5.46. The van der Waals surface area contributed by atoms with Crippen LogP contribution in [0.4, 0.5) is 14.5 Å². The van der Waals surface area contributed by atoms with Gasteiger partial charge >= 0.3 is 5.69 Å². The fourth-order valence-corrected chi connectivity index (χ4v) is 1.69. The van der Waals surface area contributed by atoms with Crippen molar-refractivity contribution in [2.45, 2.75) is 0 Å². The van der Waals surface area contributed by atoms with Crippen molar-refractivity contribution < 1.29 is 18.4 Å². The molecule has 0 amide bonds. The number of ether oxygens (including phenoxy) is 1. The van der Waals surface area contributed by atoms with Gasteiger partial charge in [-0.05, 0) is 0 Å². The fourth-order valence-electron chi connectivity index (χ4n) is 1.69. The molecule has 1 heterocycles. The molecular formula is C12H6F2N4O3. The summed E-state index contributed by atoms with van der Waals surface area (Å²) >= 11 is 0. The SMILES string of the molecule is COc1ncnc(-c2cc([N+](=O)[O-])c(F)cc2F)c1C#N. The smallest absolute Gasteiger partial charge is 0.305 e. The molecule has 0 saturated heterocycles. The van der Waals surface area contributed by atoms with Gasteiger partial charge in [0, 0.05) is 17.7 Å². The van der Waals surface area contributed by atoms with E-state index in [4.69, 9.17) is 10.00 Å². The summed E-state index contributed by atoms with van der Waals surface area (Å²) < 4.78 is 32.0. The molecule has 9 heteroatoms. The molecule has 7 nitrogen and oxygen atoms in total. The van der Waals surface area contributed by atoms with Crippen molar-refractivity contribution >= 4 is 5.69 Å². The van der Waals surface area contributed by atoms with E-state index in [2.05, 4.69) is 9.97 Å². The van der Waals surface area contributed by atoms with Crippen LogP contribution in [0.2, 0.25) is 0 Å². The normalized spacial score (nSPS) is 10.0. The van der Waals surface area contributed by atoms with Crippen molar-refractivity contribution in [3.8, 4) is 23.2 Å². The molecule has 0 atom stereocenters. The Bertz CT molecular complexity index is 774. The van der Waals surface area contributed by atoms with Gasteiger partial charge < -0.3 is 4.74 Å². The molecular weight excluding hydrogens is 286 g/mol. The van der Waals surface area contributed by atoms with Crippen molar-refractivity contribution in [2.24, 2.45) is 0 Å². The molecule has 1 aromatic carbocycles. The zero-order chi connectivity index (χ0) is 15.6. The Hall–Kier alpha value is -3.15. The Morgan fingerprint density at radius 2 is 2.05 bits per heavy atom. The second-order valence-electron chi connectivity index (χ2n) is 3.76. The molecule has 0 bridgehead atoms. The van der Waals surface area contributed by atoms with Crippen LogP contribution in [0.15, 0.2) is 18.5 Å². The first-order chi connectivity index (χ1) is 9.99. The highest BCUT2D eigenvalue weighted by atomic mass is 19.1. The summed E-state index contributed by atoms with van der Waals surface area (Å²) in [4.78, 5) is 17.1. The van der Waals surface area contributed by atoms with Crippen molar-refractivity contribution in [1.29, 1.82) is 5.26 Å². The van der Waals surface area contributed by atoms with Crippen molar-refractivity contribution in [1.82, 2.24) is 9.97 Å². The number of nitro groups is 1. The number of rotatable bonds is 3. The lowest BCUT2D eigenvalue weighted by Crippen LogP contribution is -2.01. The lowest BCUT2D eigenvalue weighted by Gasteiger charge is -2.07. The lowest BCUT2D eigenvalue weighted by atomic mass is 10.1. The summed E-state index contributed by atoms with van der Waals surface area (Å²) in [5.74, 6) is -2.52. The number of hydrogen-bond donors (Lipinski definition) is 0. The first kappa shape index (κ1) is 14.3. The maximum Gasteiger partial charge on any atom is 0.305 e. The molecule has 0 fully saturated rings. The molecule has 1 aromatic heterocycles. The summed E-state index contributed by atoms with van der Waals surface area (Å²) in [6, 6.07) is 2.76. The van der Waals surface area contributed by atoms with Gasteiger partial charge in [-0.15, -0.1) is 0 Å². The van der Waals surface area contributed by atoms with Gasteiger partial charge in [0.15, 0.2) is 0 Å². The van der Waals surface area contributed by atoms with Crippen molar-refractivity contribution in [3.05, 3.63) is 45.8 Å². The summed E-state index contributed by atoms with van der Waals surface area (Å²) in [6.07, 6.45) is 1.00. The van der Waals surface area contributed by atoms with Crippen molar-refractivity contribution in [2.75, 3.05) is 7.11 Å². The summed E-state index contributed by atoms with van der Waals surface area (Å²) in [5.41, 5.74) is -1.74. The van der Waals surface area contributed by atoms with Crippen molar-refractivity contribution in [3.63, 3.8) is 0 Å². The molecule has 0 aliphatic heterocycles. The monoisotopic (exact) mass is 292 g/mol. The van der Waals surface area contributed by atoms with Crippen LogP contribution in [0, 0.1) is 33.1 Å². The minimum atomic E-state index is -1.32. The molecule has 0 N–H and O–H groups in total. The Morgan fingerprint density at radius 3 is 2.62 bits per heavy atom. The molecule has 0 spiro atoms.